The maximum Gasteiger partial charge on any atom is 0.242 e. The summed E-state index contributed by atoms with van der Waals surface area (Å²) in [5.41, 5.74) is 6.34. The highest BCUT2D eigenvalue weighted by Crippen LogP contribution is 2.28. The van der Waals surface area contributed by atoms with Crippen molar-refractivity contribution >= 4 is 11.5 Å². The summed E-state index contributed by atoms with van der Waals surface area (Å²) in [6, 6.07) is 0.00502. The zero-order chi connectivity index (χ0) is 13.0. The number of aromatic nitrogens is 2. The van der Waals surface area contributed by atoms with Crippen LogP contribution < -0.4 is 15.8 Å². The molecule has 1 fully saturated rings. The van der Waals surface area contributed by atoms with E-state index in [9.17, 15) is 5.11 Å². The van der Waals surface area contributed by atoms with Gasteiger partial charge in [0.05, 0.1) is 18.8 Å². The molecule has 2 atom stereocenters. The third kappa shape index (κ3) is 2.81. The monoisotopic (exact) mass is 252 g/mol. The maximum atomic E-state index is 9.92. The molecule has 1 aromatic rings. The number of rotatable bonds is 4. The molecule has 4 N–H and O–H groups in total. The quantitative estimate of drug-likeness (QED) is 0.745. The van der Waals surface area contributed by atoms with Gasteiger partial charge in [-0.1, -0.05) is 12.8 Å². The maximum absolute atomic E-state index is 9.92. The van der Waals surface area contributed by atoms with E-state index in [4.69, 9.17) is 10.5 Å². The first-order valence-electron chi connectivity index (χ1n) is 6.40. The van der Waals surface area contributed by atoms with E-state index in [0.717, 1.165) is 25.7 Å². The minimum atomic E-state index is -0.344. The van der Waals surface area contributed by atoms with Crippen molar-refractivity contribution in [3.05, 3.63) is 6.33 Å². The standard InChI is InChI=1S/C12H20N4O2/c1-2-18-12-10(13)11(14-7-15-12)16-8-5-3-4-6-9(8)17/h7-9,17H,2-6,13H2,1H3,(H,14,15,16). The molecule has 1 saturated carbocycles. The summed E-state index contributed by atoms with van der Waals surface area (Å²) in [5, 5.41) is 13.1. The van der Waals surface area contributed by atoms with Crippen LogP contribution in [0.3, 0.4) is 0 Å². The Hall–Kier alpha value is -1.56. The second-order valence-corrected chi connectivity index (χ2v) is 4.48. The number of nitrogens with two attached hydrogens (primary N) is 1. The predicted molar refractivity (Wildman–Crippen MR) is 69.5 cm³/mol. The van der Waals surface area contributed by atoms with Crippen molar-refractivity contribution in [1.29, 1.82) is 0 Å². The van der Waals surface area contributed by atoms with E-state index in [1.54, 1.807) is 0 Å². The molecule has 0 saturated heterocycles. The van der Waals surface area contributed by atoms with Crippen LogP contribution >= 0.6 is 0 Å². The second kappa shape index (κ2) is 5.86. The molecule has 0 aliphatic heterocycles. The fourth-order valence-corrected chi connectivity index (χ4v) is 2.20. The van der Waals surface area contributed by atoms with Crippen LogP contribution in [0.15, 0.2) is 6.33 Å². The molecule has 6 heteroatoms. The predicted octanol–water partition coefficient (Wildman–Crippen LogP) is 1.17. The Kier molecular flexibility index (Phi) is 4.19. The highest BCUT2D eigenvalue weighted by Gasteiger charge is 2.24. The zero-order valence-electron chi connectivity index (χ0n) is 10.6. The van der Waals surface area contributed by atoms with E-state index < -0.39 is 0 Å². The molecule has 1 aromatic heterocycles. The first-order valence-corrected chi connectivity index (χ1v) is 6.40. The Balaban J connectivity index is 2.10. The number of hydrogen-bond donors (Lipinski definition) is 3. The van der Waals surface area contributed by atoms with Gasteiger partial charge in [0.15, 0.2) is 5.82 Å². The highest BCUT2D eigenvalue weighted by molar-refractivity contribution is 5.66. The third-order valence-electron chi connectivity index (χ3n) is 3.18. The third-order valence-corrected chi connectivity index (χ3v) is 3.18. The topological polar surface area (TPSA) is 93.3 Å². The lowest BCUT2D eigenvalue weighted by Gasteiger charge is -2.29. The molecule has 0 bridgehead atoms. The number of nitrogens with one attached hydrogen (secondary N) is 1. The van der Waals surface area contributed by atoms with Crippen molar-refractivity contribution in [1.82, 2.24) is 9.97 Å². The fraction of sp³-hybridized carbons (Fsp3) is 0.667. The number of hydrogen-bond acceptors (Lipinski definition) is 6. The molecule has 0 spiro atoms. The summed E-state index contributed by atoms with van der Waals surface area (Å²) in [5.74, 6) is 0.930. The summed E-state index contributed by atoms with van der Waals surface area (Å²) >= 11 is 0. The Labute approximate surface area is 107 Å². The van der Waals surface area contributed by atoms with E-state index in [2.05, 4.69) is 15.3 Å². The smallest absolute Gasteiger partial charge is 0.242 e. The first-order chi connectivity index (χ1) is 8.72. The van der Waals surface area contributed by atoms with Gasteiger partial charge >= 0.3 is 0 Å². The summed E-state index contributed by atoms with van der Waals surface area (Å²) in [7, 11) is 0. The largest absolute Gasteiger partial charge is 0.476 e. The Morgan fingerprint density at radius 3 is 2.94 bits per heavy atom. The van der Waals surface area contributed by atoms with E-state index in [0.29, 0.717) is 24.0 Å². The molecule has 1 aliphatic rings. The lowest BCUT2D eigenvalue weighted by atomic mass is 9.92. The van der Waals surface area contributed by atoms with Crippen molar-refractivity contribution in [2.75, 3.05) is 17.7 Å². The van der Waals surface area contributed by atoms with Crippen molar-refractivity contribution in [3.8, 4) is 5.88 Å². The Morgan fingerprint density at radius 2 is 2.22 bits per heavy atom. The number of aliphatic hydroxyl groups excluding tert-OH is 1. The summed E-state index contributed by atoms with van der Waals surface area (Å²) in [6.07, 6.45) is 5.00. The first kappa shape index (κ1) is 12.9. The summed E-state index contributed by atoms with van der Waals surface area (Å²) in [6.45, 7) is 2.38. The lowest BCUT2D eigenvalue weighted by molar-refractivity contribution is 0.116. The molecule has 1 aliphatic carbocycles. The highest BCUT2D eigenvalue weighted by atomic mass is 16.5. The van der Waals surface area contributed by atoms with Crippen LogP contribution in [0.2, 0.25) is 0 Å². The van der Waals surface area contributed by atoms with E-state index in [1.807, 2.05) is 6.92 Å². The second-order valence-electron chi connectivity index (χ2n) is 4.48. The molecule has 0 amide bonds. The fourth-order valence-electron chi connectivity index (χ4n) is 2.20. The molecule has 100 valence electrons. The molecule has 18 heavy (non-hydrogen) atoms. The van der Waals surface area contributed by atoms with Crippen LogP contribution in [0.4, 0.5) is 11.5 Å². The summed E-state index contributed by atoms with van der Waals surface area (Å²) < 4.78 is 5.31. The van der Waals surface area contributed by atoms with Gasteiger partial charge in [0.25, 0.3) is 0 Å². The number of anilines is 2. The molecule has 2 unspecified atom stereocenters. The minimum Gasteiger partial charge on any atom is -0.476 e. The van der Waals surface area contributed by atoms with Crippen LogP contribution in [0, 0.1) is 0 Å². The SMILES string of the molecule is CCOc1ncnc(NC2CCCCC2O)c1N. The van der Waals surface area contributed by atoms with Gasteiger partial charge in [-0.3, -0.25) is 0 Å². The average molecular weight is 252 g/mol. The van der Waals surface area contributed by atoms with Gasteiger partial charge in [0.1, 0.15) is 12.0 Å². The van der Waals surface area contributed by atoms with Crippen molar-refractivity contribution < 1.29 is 9.84 Å². The van der Waals surface area contributed by atoms with Gasteiger partial charge in [-0.25, -0.2) is 4.98 Å². The van der Waals surface area contributed by atoms with Crippen LogP contribution in [0.5, 0.6) is 5.88 Å². The molecular weight excluding hydrogens is 232 g/mol. The lowest BCUT2D eigenvalue weighted by Crippen LogP contribution is -2.36. The van der Waals surface area contributed by atoms with Gasteiger partial charge in [-0.2, -0.15) is 4.98 Å². The molecular formula is C12H20N4O2. The van der Waals surface area contributed by atoms with Gasteiger partial charge in [-0.15, -0.1) is 0 Å². The molecule has 0 aromatic carbocycles. The van der Waals surface area contributed by atoms with Crippen molar-refractivity contribution in [2.24, 2.45) is 0 Å². The normalized spacial score (nSPS) is 23.7. The van der Waals surface area contributed by atoms with E-state index >= 15 is 0 Å². The molecule has 0 radical (unpaired) electrons. The number of ether oxygens (including phenoxy) is 1. The van der Waals surface area contributed by atoms with Gasteiger partial charge in [-0.05, 0) is 19.8 Å². The van der Waals surface area contributed by atoms with Crippen LogP contribution in [-0.4, -0.2) is 33.8 Å². The van der Waals surface area contributed by atoms with E-state index in [-0.39, 0.29) is 12.1 Å². The van der Waals surface area contributed by atoms with E-state index in [1.165, 1.54) is 6.33 Å². The molecule has 2 rings (SSSR count). The number of aliphatic hydroxyl groups is 1. The number of nitrogen functional groups attached to an aromatic ring is 1. The van der Waals surface area contributed by atoms with Gasteiger partial charge in [0.2, 0.25) is 5.88 Å². The Morgan fingerprint density at radius 1 is 1.44 bits per heavy atom. The molecule has 6 nitrogen and oxygen atoms in total. The van der Waals surface area contributed by atoms with Crippen LogP contribution in [0.1, 0.15) is 32.6 Å². The molecule has 1 heterocycles. The van der Waals surface area contributed by atoms with Crippen LogP contribution in [-0.2, 0) is 0 Å². The minimum absolute atomic E-state index is 0.00502. The average Bonchev–Trinajstić information content (AvgIpc) is 2.37. The van der Waals surface area contributed by atoms with Gasteiger partial charge < -0.3 is 20.9 Å². The van der Waals surface area contributed by atoms with Crippen molar-refractivity contribution in [2.45, 2.75) is 44.8 Å². The Bertz CT molecular complexity index is 400. The summed E-state index contributed by atoms with van der Waals surface area (Å²) in [4.78, 5) is 8.09. The number of nitrogens with zero attached hydrogens (tertiary/aromatic N) is 2. The van der Waals surface area contributed by atoms with Crippen molar-refractivity contribution in [3.63, 3.8) is 0 Å². The van der Waals surface area contributed by atoms with Gasteiger partial charge in [0, 0.05) is 0 Å². The van der Waals surface area contributed by atoms with Crippen LogP contribution in [0.25, 0.3) is 0 Å². The zero-order valence-corrected chi connectivity index (χ0v) is 10.6.